The van der Waals surface area contributed by atoms with Crippen LogP contribution in [0, 0.1) is 11.3 Å². The smallest absolute Gasteiger partial charge is 0.403 e. The van der Waals surface area contributed by atoms with Crippen LogP contribution in [-0.4, -0.2) is 65.9 Å². The number of rotatable bonds is 10. The van der Waals surface area contributed by atoms with Gasteiger partial charge in [0.15, 0.2) is 5.75 Å². The van der Waals surface area contributed by atoms with E-state index in [-0.39, 0.29) is 17.3 Å². The van der Waals surface area contributed by atoms with Gasteiger partial charge in [-0.25, -0.2) is 9.97 Å². The lowest BCUT2D eigenvalue weighted by atomic mass is 10.1. The van der Waals surface area contributed by atoms with E-state index in [9.17, 15) is 23.2 Å². The molecule has 0 saturated carbocycles. The second kappa shape index (κ2) is 12.2. The average molecular weight is 579 g/mol. The fraction of sp³-hybridized carbons (Fsp3) is 0.241. The second-order valence-electron chi connectivity index (χ2n) is 9.72. The molecule has 13 heteroatoms. The van der Waals surface area contributed by atoms with Crippen LogP contribution in [0.2, 0.25) is 0 Å². The first-order valence-corrected chi connectivity index (χ1v) is 12.7. The number of carbonyl (C=O) groups excluding carboxylic acids is 1. The van der Waals surface area contributed by atoms with E-state index in [0.717, 1.165) is 22.5 Å². The van der Waals surface area contributed by atoms with Crippen molar-refractivity contribution in [2.24, 2.45) is 7.05 Å². The molecule has 0 atom stereocenters. The van der Waals surface area contributed by atoms with E-state index in [2.05, 4.69) is 38.0 Å². The first kappa shape index (κ1) is 29.9. The van der Waals surface area contributed by atoms with Crippen LogP contribution in [0.1, 0.15) is 5.56 Å². The number of likely N-dealkylation sites (N-methyl/N-ethyl adjacent to an activating group) is 2. The van der Waals surface area contributed by atoms with Gasteiger partial charge in [0.25, 0.3) is 0 Å². The summed E-state index contributed by atoms with van der Waals surface area (Å²) in [5, 5.41) is 15.6. The molecular formula is C29H29F3N8O2. The van der Waals surface area contributed by atoms with Crippen molar-refractivity contribution < 1.29 is 22.7 Å². The quantitative estimate of drug-likeness (QED) is 0.245. The van der Waals surface area contributed by atoms with Gasteiger partial charge in [0.05, 0.1) is 34.4 Å². The largest absolute Gasteiger partial charge is 0.573 e. The van der Waals surface area contributed by atoms with Gasteiger partial charge in [-0.15, -0.1) is 13.2 Å². The summed E-state index contributed by atoms with van der Waals surface area (Å²) in [6, 6.07) is 11.6. The van der Waals surface area contributed by atoms with Crippen molar-refractivity contribution >= 4 is 39.8 Å². The normalized spacial score (nSPS) is 11.3. The number of amides is 1. The zero-order valence-electron chi connectivity index (χ0n) is 23.5. The van der Waals surface area contributed by atoms with Crippen LogP contribution < -0.4 is 20.3 Å². The molecule has 4 aromatic rings. The minimum Gasteiger partial charge on any atom is -0.403 e. The summed E-state index contributed by atoms with van der Waals surface area (Å²) in [7, 11) is 7.28. The number of hydrogen-bond acceptors (Lipinski definition) is 8. The number of anilines is 4. The maximum absolute atomic E-state index is 13.5. The van der Waals surface area contributed by atoms with Crippen molar-refractivity contribution in [2.75, 3.05) is 49.8 Å². The first-order valence-electron chi connectivity index (χ1n) is 12.7. The highest BCUT2D eigenvalue weighted by Gasteiger charge is 2.33. The zero-order valence-corrected chi connectivity index (χ0v) is 23.5. The molecule has 0 fully saturated rings. The van der Waals surface area contributed by atoms with Gasteiger partial charge in [0, 0.05) is 62.1 Å². The van der Waals surface area contributed by atoms with Crippen molar-refractivity contribution in [3.05, 3.63) is 67.0 Å². The maximum atomic E-state index is 13.5. The molecule has 0 saturated heterocycles. The summed E-state index contributed by atoms with van der Waals surface area (Å²) < 4.78 is 46.7. The van der Waals surface area contributed by atoms with Crippen LogP contribution >= 0.6 is 0 Å². The number of nitrogens with zero attached hydrogens (tertiary/aromatic N) is 6. The van der Waals surface area contributed by atoms with Crippen LogP contribution in [0.15, 0.2) is 61.4 Å². The molecule has 42 heavy (non-hydrogen) atoms. The van der Waals surface area contributed by atoms with Crippen LogP contribution in [-0.2, 0) is 11.8 Å². The highest BCUT2D eigenvalue weighted by atomic mass is 19.4. The fourth-order valence-electron chi connectivity index (χ4n) is 4.29. The maximum Gasteiger partial charge on any atom is 0.573 e. The number of nitriles is 1. The lowest BCUT2D eigenvalue weighted by Crippen LogP contribution is -2.29. The molecule has 0 unspecified atom stereocenters. The van der Waals surface area contributed by atoms with E-state index in [1.165, 1.54) is 18.3 Å². The molecule has 2 aromatic heterocycles. The first-order chi connectivity index (χ1) is 19.9. The van der Waals surface area contributed by atoms with Gasteiger partial charge >= 0.3 is 6.36 Å². The van der Waals surface area contributed by atoms with E-state index >= 15 is 0 Å². The van der Waals surface area contributed by atoms with Gasteiger partial charge in [0.2, 0.25) is 11.9 Å². The number of fused-ring (bicyclic) bond motifs is 1. The van der Waals surface area contributed by atoms with E-state index in [0.29, 0.717) is 30.0 Å². The molecule has 0 spiro atoms. The van der Waals surface area contributed by atoms with Crippen molar-refractivity contribution in [3.63, 3.8) is 0 Å². The average Bonchev–Trinajstić information content (AvgIpc) is 3.27. The fourth-order valence-corrected chi connectivity index (χ4v) is 4.29. The summed E-state index contributed by atoms with van der Waals surface area (Å²) in [5.74, 6) is -1.07. The molecule has 4 rings (SSSR count). The Labute approximate surface area is 240 Å². The van der Waals surface area contributed by atoms with E-state index in [4.69, 9.17) is 0 Å². The van der Waals surface area contributed by atoms with Crippen molar-refractivity contribution in [3.8, 4) is 23.1 Å². The third kappa shape index (κ3) is 6.97. The minimum atomic E-state index is -4.99. The summed E-state index contributed by atoms with van der Waals surface area (Å²) in [6.45, 7) is 4.52. The monoisotopic (exact) mass is 578 g/mol. The summed E-state index contributed by atoms with van der Waals surface area (Å²) in [6.07, 6.45) is -0.610. The number of hydrogen-bond donors (Lipinski definition) is 2. The number of benzene rings is 2. The molecule has 218 valence electrons. The number of aromatic nitrogens is 3. The molecule has 2 N–H and O–H groups in total. The van der Waals surface area contributed by atoms with Gasteiger partial charge in [0.1, 0.15) is 0 Å². The minimum absolute atomic E-state index is 0.000109. The Morgan fingerprint density at radius 1 is 1.17 bits per heavy atom. The Kier molecular flexibility index (Phi) is 8.68. The zero-order chi connectivity index (χ0) is 30.6. The number of ether oxygens (including phenoxy) is 1. The summed E-state index contributed by atoms with van der Waals surface area (Å²) in [4.78, 5) is 24.6. The molecule has 2 heterocycles. The molecule has 0 bridgehead atoms. The Morgan fingerprint density at radius 3 is 2.60 bits per heavy atom. The third-order valence-electron chi connectivity index (χ3n) is 6.36. The lowest BCUT2D eigenvalue weighted by Gasteiger charge is -2.26. The standard InChI is InChI=1S/C29H29F3N8O2/c1-6-27(41)35-22-14-23(26(42-29(30,31)32)15-25(22)39(4)12-11-38(2)3)37-28-34-10-9-21(36-28)20-17-40(5)24-13-18(16-33)7-8-19(20)24/h6-10,13-15,17H,1,11-12H2,2-5H3,(H,35,41)(H,34,36,37). The predicted octanol–water partition coefficient (Wildman–Crippen LogP) is 5.27. The van der Waals surface area contributed by atoms with Gasteiger partial charge in [-0.3, -0.25) is 4.79 Å². The number of alkyl halides is 3. The van der Waals surface area contributed by atoms with Crippen molar-refractivity contribution in [1.29, 1.82) is 5.26 Å². The molecule has 2 aromatic carbocycles. The van der Waals surface area contributed by atoms with Crippen LogP contribution in [0.25, 0.3) is 22.2 Å². The Hall–Kier alpha value is -5.09. The van der Waals surface area contributed by atoms with Crippen molar-refractivity contribution in [2.45, 2.75) is 6.36 Å². The Bertz CT molecular complexity index is 1670. The highest BCUT2D eigenvalue weighted by Crippen LogP contribution is 2.40. The van der Waals surface area contributed by atoms with Crippen LogP contribution in [0.5, 0.6) is 5.75 Å². The van der Waals surface area contributed by atoms with E-state index in [1.807, 2.05) is 42.9 Å². The van der Waals surface area contributed by atoms with E-state index < -0.39 is 18.0 Å². The molecule has 10 nitrogen and oxygen atoms in total. The molecular weight excluding hydrogens is 549 g/mol. The number of halogens is 3. The Balaban J connectivity index is 1.78. The Morgan fingerprint density at radius 2 is 1.93 bits per heavy atom. The summed E-state index contributed by atoms with van der Waals surface area (Å²) >= 11 is 0. The van der Waals surface area contributed by atoms with Gasteiger partial charge in [-0.05, 0) is 44.4 Å². The molecule has 0 radical (unpaired) electrons. The number of aryl methyl sites for hydroxylation is 1. The van der Waals surface area contributed by atoms with Crippen LogP contribution in [0.4, 0.5) is 36.2 Å². The molecule has 0 aliphatic heterocycles. The third-order valence-corrected chi connectivity index (χ3v) is 6.36. The number of carbonyl (C=O) groups is 1. The van der Waals surface area contributed by atoms with Crippen molar-refractivity contribution in [1.82, 2.24) is 19.4 Å². The lowest BCUT2D eigenvalue weighted by molar-refractivity contribution is -0.274. The number of nitrogens with one attached hydrogen (secondary N) is 2. The van der Waals surface area contributed by atoms with Gasteiger partial charge < -0.3 is 29.7 Å². The highest BCUT2D eigenvalue weighted by molar-refractivity contribution is 6.02. The van der Waals surface area contributed by atoms with Gasteiger partial charge in [-0.2, -0.15) is 5.26 Å². The van der Waals surface area contributed by atoms with E-state index in [1.54, 1.807) is 30.1 Å². The molecule has 0 aliphatic carbocycles. The topological polar surface area (TPSA) is 111 Å². The SMILES string of the molecule is C=CC(=O)Nc1cc(Nc2nccc(-c3cn(C)c4cc(C#N)ccc34)n2)c(OC(F)(F)F)cc1N(C)CCN(C)C. The second-order valence-corrected chi connectivity index (χ2v) is 9.72. The van der Waals surface area contributed by atoms with Crippen LogP contribution in [0.3, 0.4) is 0 Å². The predicted molar refractivity (Wildman–Crippen MR) is 156 cm³/mol. The molecule has 1 amide bonds. The van der Waals surface area contributed by atoms with Gasteiger partial charge in [-0.1, -0.05) is 12.6 Å². The summed E-state index contributed by atoms with van der Waals surface area (Å²) in [5.41, 5.74) is 2.98. The molecule has 0 aliphatic rings.